The number of benzene rings is 2. The van der Waals surface area contributed by atoms with Crippen molar-refractivity contribution in [3.8, 4) is 11.6 Å². The Balaban J connectivity index is 1.43. The molecule has 1 aliphatic rings. The summed E-state index contributed by atoms with van der Waals surface area (Å²) in [6, 6.07) is 17.2. The van der Waals surface area contributed by atoms with E-state index in [0.29, 0.717) is 24.8 Å². The highest BCUT2D eigenvalue weighted by atomic mass is 19.1. The van der Waals surface area contributed by atoms with Crippen molar-refractivity contribution >= 4 is 0 Å². The molecule has 0 bridgehead atoms. The van der Waals surface area contributed by atoms with Gasteiger partial charge in [-0.25, -0.2) is 9.37 Å². The van der Waals surface area contributed by atoms with E-state index < -0.39 is 0 Å². The van der Waals surface area contributed by atoms with Crippen LogP contribution in [0.15, 0.2) is 67.0 Å². The van der Waals surface area contributed by atoms with Crippen LogP contribution in [0.2, 0.25) is 0 Å². The van der Waals surface area contributed by atoms with Gasteiger partial charge in [-0.3, -0.25) is 9.88 Å². The number of methoxy groups -OCH3 is 1. The van der Waals surface area contributed by atoms with Crippen molar-refractivity contribution in [3.63, 3.8) is 0 Å². The predicted molar refractivity (Wildman–Crippen MR) is 122 cm³/mol. The van der Waals surface area contributed by atoms with Crippen LogP contribution >= 0.6 is 0 Å². The standard InChI is InChI=1S/C26H30FN3O2/c1-31-25-23(28-15-16-29-25)19-30-17-13-26(14-18-30,12-11-21-7-3-2-4-8-21)20-32-24-10-6-5-9-22(24)27/h2-10,15-16H,11-14,17-20H2,1H3. The lowest BCUT2D eigenvalue weighted by molar-refractivity contribution is 0.0421. The van der Waals surface area contributed by atoms with E-state index in [9.17, 15) is 4.39 Å². The van der Waals surface area contributed by atoms with Crippen LogP contribution in [-0.2, 0) is 13.0 Å². The van der Waals surface area contributed by atoms with Crippen LogP contribution in [-0.4, -0.2) is 41.7 Å². The van der Waals surface area contributed by atoms with Crippen LogP contribution < -0.4 is 9.47 Å². The molecule has 32 heavy (non-hydrogen) atoms. The quantitative estimate of drug-likeness (QED) is 0.478. The predicted octanol–water partition coefficient (Wildman–Crippen LogP) is 4.92. The number of rotatable bonds is 9. The van der Waals surface area contributed by atoms with E-state index in [1.54, 1.807) is 31.6 Å². The van der Waals surface area contributed by atoms with Crippen LogP contribution in [0.25, 0.3) is 0 Å². The zero-order valence-electron chi connectivity index (χ0n) is 18.5. The summed E-state index contributed by atoms with van der Waals surface area (Å²) in [5.74, 6) is 0.604. The number of aryl methyl sites for hydroxylation is 1. The van der Waals surface area contributed by atoms with Gasteiger partial charge in [0.05, 0.1) is 13.7 Å². The highest BCUT2D eigenvalue weighted by molar-refractivity contribution is 5.24. The SMILES string of the molecule is COc1nccnc1CN1CCC(CCc2ccccc2)(COc2ccccc2F)CC1. The van der Waals surface area contributed by atoms with Gasteiger partial charge in [0.15, 0.2) is 11.6 Å². The molecule has 2 aromatic carbocycles. The smallest absolute Gasteiger partial charge is 0.236 e. The minimum atomic E-state index is -0.308. The number of halogens is 1. The van der Waals surface area contributed by atoms with Crippen molar-refractivity contribution in [2.45, 2.75) is 32.2 Å². The number of hydrogen-bond acceptors (Lipinski definition) is 5. The number of para-hydroxylation sites is 1. The third kappa shape index (κ3) is 5.62. The number of hydrogen-bond donors (Lipinski definition) is 0. The van der Waals surface area contributed by atoms with Gasteiger partial charge in [0.2, 0.25) is 5.88 Å². The first-order valence-electron chi connectivity index (χ1n) is 11.1. The van der Waals surface area contributed by atoms with Crippen molar-refractivity contribution < 1.29 is 13.9 Å². The van der Waals surface area contributed by atoms with Gasteiger partial charge in [-0.15, -0.1) is 0 Å². The molecule has 0 N–H and O–H groups in total. The zero-order chi connectivity index (χ0) is 22.2. The lowest BCUT2D eigenvalue weighted by Gasteiger charge is -2.41. The third-order valence-corrected chi connectivity index (χ3v) is 6.38. The van der Waals surface area contributed by atoms with Gasteiger partial charge in [-0.2, -0.15) is 0 Å². The van der Waals surface area contributed by atoms with Crippen molar-refractivity contribution in [1.82, 2.24) is 14.9 Å². The Morgan fingerprint density at radius 3 is 2.44 bits per heavy atom. The van der Waals surface area contributed by atoms with E-state index >= 15 is 0 Å². The summed E-state index contributed by atoms with van der Waals surface area (Å²) in [6.07, 6.45) is 7.31. The maximum absolute atomic E-state index is 14.1. The second-order valence-electron chi connectivity index (χ2n) is 8.49. The maximum Gasteiger partial charge on any atom is 0.236 e. The molecule has 168 valence electrons. The second kappa shape index (κ2) is 10.6. The van der Waals surface area contributed by atoms with Crippen LogP contribution in [0.3, 0.4) is 0 Å². The molecular formula is C26H30FN3O2. The lowest BCUT2D eigenvalue weighted by atomic mass is 9.74. The molecule has 0 aliphatic carbocycles. The molecule has 5 nitrogen and oxygen atoms in total. The Morgan fingerprint density at radius 1 is 0.969 bits per heavy atom. The van der Waals surface area contributed by atoms with E-state index in [1.165, 1.54) is 11.6 Å². The molecule has 0 saturated carbocycles. The van der Waals surface area contributed by atoms with E-state index in [1.807, 2.05) is 12.1 Å². The number of aromatic nitrogens is 2. The van der Waals surface area contributed by atoms with Gasteiger partial charge in [-0.05, 0) is 56.5 Å². The van der Waals surface area contributed by atoms with Crippen molar-refractivity contribution in [3.05, 3.63) is 84.1 Å². The molecule has 0 amide bonds. The summed E-state index contributed by atoms with van der Waals surface area (Å²) in [5, 5.41) is 0. The first-order chi connectivity index (χ1) is 15.7. The second-order valence-corrected chi connectivity index (χ2v) is 8.49. The summed E-state index contributed by atoms with van der Waals surface area (Å²) >= 11 is 0. The molecule has 1 fully saturated rings. The maximum atomic E-state index is 14.1. The first-order valence-corrected chi connectivity index (χ1v) is 11.1. The molecule has 3 aromatic rings. The van der Waals surface area contributed by atoms with Gasteiger partial charge in [0.1, 0.15) is 5.69 Å². The summed E-state index contributed by atoms with van der Waals surface area (Å²) < 4.78 is 25.5. The summed E-state index contributed by atoms with van der Waals surface area (Å²) in [5.41, 5.74) is 2.18. The Bertz CT molecular complexity index is 991. The largest absolute Gasteiger partial charge is 0.490 e. The molecule has 4 rings (SSSR count). The van der Waals surface area contributed by atoms with Gasteiger partial charge in [0, 0.05) is 24.4 Å². The number of nitrogens with zero attached hydrogens (tertiary/aromatic N) is 3. The third-order valence-electron chi connectivity index (χ3n) is 6.38. The van der Waals surface area contributed by atoms with Gasteiger partial charge in [0.25, 0.3) is 0 Å². The molecule has 1 aromatic heterocycles. The monoisotopic (exact) mass is 435 g/mol. The fourth-order valence-electron chi connectivity index (χ4n) is 4.34. The Kier molecular flexibility index (Phi) is 7.32. The topological polar surface area (TPSA) is 47.5 Å². The van der Waals surface area contributed by atoms with E-state index in [2.05, 4.69) is 39.1 Å². The molecule has 0 atom stereocenters. The molecule has 0 radical (unpaired) electrons. The average molecular weight is 436 g/mol. The van der Waals surface area contributed by atoms with E-state index in [4.69, 9.17) is 9.47 Å². The number of ether oxygens (including phenoxy) is 2. The van der Waals surface area contributed by atoms with Crippen LogP contribution in [0.1, 0.15) is 30.5 Å². The molecule has 1 saturated heterocycles. The van der Waals surface area contributed by atoms with Crippen molar-refractivity contribution in [1.29, 1.82) is 0 Å². The summed E-state index contributed by atoms with van der Waals surface area (Å²) in [6.45, 7) is 3.08. The molecular weight excluding hydrogens is 405 g/mol. The molecule has 0 spiro atoms. The Morgan fingerprint density at radius 2 is 1.69 bits per heavy atom. The molecule has 0 unspecified atom stereocenters. The molecule has 1 aliphatic heterocycles. The van der Waals surface area contributed by atoms with Crippen LogP contribution in [0.5, 0.6) is 11.6 Å². The normalized spacial score (nSPS) is 15.9. The lowest BCUT2D eigenvalue weighted by Crippen LogP contribution is -2.43. The van der Waals surface area contributed by atoms with Gasteiger partial charge in [-0.1, -0.05) is 42.5 Å². The minimum Gasteiger partial charge on any atom is -0.490 e. The Labute approximate surface area is 189 Å². The van der Waals surface area contributed by atoms with Gasteiger partial charge < -0.3 is 9.47 Å². The van der Waals surface area contributed by atoms with E-state index in [-0.39, 0.29) is 11.2 Å². The highest BCUT2D eigenvalue weighted by Gasteiger charge is 2.35. The highest BCUT2D eigenvalue weighted by Crippen LogP contribution is 2.38. The zero-order valence-corrected chi connectivity index (χ0v) is 18.5. The Hall–Kier alpha value is -2.99. The fourth-order valence-corrected chi connectivity index (χ4v) is 4.34. The van der Waals surface area contributed by atoms with Crippen LogP contribution in [0.4, 0.5) is 4.39 Å². The average Bonchev–Trinajstić information content (AvgIpc) is 2.85. The van der Waals surface area contributed by atoms with Crippen molar-refractivity contribution in [2.75, 3.05) is 26.8 Å². The molecule has 6 heteroatoms. The van der Waals surface area contributed by atoms with Crippen molar-refractivity contribution in [2.24, 2.45) is 5.41 Å². The summed E-state index contributed by atoms with van der Waals surface area (Å²) in [7, 11) is 1.62. The van der Waals surface area contributed by atoms with Crippen LogP contribution in [0, 0.1) is 11.2 Å². The first kappa shape index (κ1) is 22.2. The minimum absolute atomic E-state index is 0.00107. The summed E-state index contributed by atoms with van der Waals surface area (Å²) in [4.78, 5) is 11.1. The van der Waals surface area contributed by atoms with E-state index in [0.717, 1.165) is 44.5 Å². The number of piperidine rings is 1. The fraction of sp³-hybridized carbons (Fsp3) is 0.385. The van der Waals surface area contributed by atoms with Gasteiger partial charge >= 0.3 is 0 Å². The number of likely N-dealkylation sites (tertiary alicyclic amines) is 1. The molecule has 2 heterocycles.